The Morgan fingerprint density at radius 3 is 2.96 bits per heavy atom. The van der Waals surface area contributed by atoms with Crippen LogP contribution in [0.15, 0.2) is 6.20 Å². The van der Waals surface area contributed by atoms with Gasteiger partial charge in [0.25, 0.3) is 5.91 Å². The van der Waals surface area contributed by atoms with Gasteiger partial charge in [0.2, 0.25) is 0 Å². The molecule has 2 aliphatic rings. The molecule has 9 heteroatoms. The zero-order valence-corrected chi connectivity index (χ0v) is 14.7. The molecule has 0 unspecified atom stereocenters. The van der Waals surface area contributed by atoms with Crippen LogP contribution in [0, 0.1) is 13.8 Å². The van der Waals surface area contributed by atoms with Gasteiger partial charge >= 0.3 is 0 Å². The van der Waals surface area contributed by atoms with Gasteiger partial charge in [-0.15, -0.1) is 5.10 Å². The van der Waals surface area contributed by atoms with Crippen molar-refractivity contribution in [3.63, 3.8) is 0 Å². The molecule has 0 radical (unpaired) electrons. The number of amides is 1. The Kier molecular flexibility index (Phi) is 4.04. The molecule has 25 heavy (non-hydrogen) atoms. The highest BCUT2D eigenvalue weighted by molar-refractivity contribution is 5.91. The third-order valence-electron chi connectivity index (χ3n) is 5.12. The predicted octanol–water partition coefficient (Wildman–Crippen LogP) is 0.334. The summed E-state index contributed by atoms with van der Waals surface area (Å²) in [5.41, 5.74) is 2.53. The number of hydrogen-bond acceptors (Lipinski definition) is 6. The minimum absolute atomic E-state index is 0.0513. The Bertz CT molecular complexity index is 798. The monoisotopic (exact) mass is 346 g/mol. The number of carbonyl (C=O) groups excluding carboxylic acids is 1. The van der Waals surface area contributed by atoms with Gasteiger partial charge in [-0.2, -0.15) is 0 Å². The SMILES string of the molecule is CO[C@@H]1COC[C@H]1n1cc(C(=O)N2CCn3c(nc(C)c3C)C2)nn1. The van der Waals surface area contributed by atoms with Crippen LogP contribution in [0.1, 0.15) is 33.7 Å². The molecule has 2 atom stereocenters. The second-order valence-electron chi connectivity index (χ2n) is 6.54. The van der Waals surface area contributed by atoms with Crippen LogP contribution in [0.5, 0.6) is 0 Å². The quantitative estimate of drug-likeness (QED) is 0.796. The van der Waals surface area contributed by atoms with E-state index in [1.54, 1.807) is 22.9 Å². The Balaban J connectivity index is 1.50. The minimum Gasteiger partial charge on any atom is -0.377 e. The van der Waals surface area contributed by atoms with Crippen LogP contribution in [0.2, 0.25) is 0 Å². The predicted molar refractivity (Wildman–Crippen MR) is 87.1 cm³/mol. The Morgan fingerprint density at radius 1 is 1.32 bits per heavy atom. The number of aryl methyl sites for hydroxylation is 1. The van der Waals surface area contributed by atoms with Crippen LogP contribution in [0.25, 0.3) is 0 Å². The molecule has 134 valence electrons. The number of aromatic nitrogens is 5. The normalized spacial score (nSPS) is 23.1. The van der Waals surface area contributed by atoms with Crippen LogP contribution >= 0.6 is 0 Å². The lowest BCUT2D eigenvalue weighted by atomic mass is 10.2. The largest absolute Gasteiger partial charge is 0.377 e. The highest BCUT2D eigenvalue weighted by Gasteiger charge is 2.32. The molecular weight excluding hydrogens is 324 g/mol. The Labute approximate surface area is 145 Å². The number of carbonyl (C=O) groups is 1. The molecular formula is C16H22N6O3. The molecule has 4 heterocycles. The zero-order chi connectivity index (χ0) is 17.6. The first-order valence-corrected chi connectivity index (χ1v) is 8.42. The van der Waals surface area contributed by atoms with E-state index < -0.39 is 0 Å². The number of rotatable bonds is 3. The van der Waals surface area contributed by atoms with Crippen molar-refractivity contribution in [3.8, 4) is 0 Å². The summed E-state index contributed by atoms with van der Waals surface area (Å²) in [5.74, 6) is 0.800. The molecule has 0 spiro atoms. The molecule has 4 rings (SSSR count). The van der Waals surface area contributed by atoms with E-state index in [0.29, 0.717) is 32.0 Å². The van der Waals surface area contributed by atoms with Crippen molar-refractivity contribution in [1.82, 2.24) is 29.4 Å². The second-order valence-corrected chi connectivity index (χ2v) is 6.54. The summed E-state index contributed by atoms with van der Waals surface area (Å²) in [4.78, 5) is 19.1. The number of imidazole rings is 1. The van der Waals surface area contributed by atoms with Crippen LogP contribution in [-0.4, -0.2) is 68.3 Å². The highest BCUT2D eigenvalue weighted by Crippen LogP contribution is 2.22. The molecule has 0 aromatic carbocycles. The van der Waals surface area contributed by atoms with Crippen molar-refractivity contribution < 1.29 is 14.3 Å². The number of nitrogens with zero attached hydrogens (tertiary/aromatic N) is 6. The standard InChI is InChI=1S/C16H22N6O3/c1-10-11(2)21-5-4-20(7-15(21)17-10)16(23)12-6-22(19-18-12)13-8-25-9-14(13)24-3/h6,13-14H,4-5,7-9H2,1-3H3/t13-,14-/m1/s1. The molecule has 1 amide bonds. The first kappa shape index (κ1) is 16.2. The lowest BCUT2D eigenvalue weighted by molar-refractivity contribution is 0.0660. The maximum absolute atomic E-state index is 12.8. The van der Waals surface area contributed by atoms with E-state index in [1.165, 1.54) is 5.69 Å². The maximum atomic E-state index is 12.8. The maximum Gasteiger partial charge on any atom is 0.276 e. The average Bonchev–Trinajstić information content (AvgIpc) is 3.33. The van der Waals surface area contributed by atoms with Crippen LogP contribution in [0.3, 0.4) is 0 Å². The van der Waals surface area contributed by atoms with E-state index in [2.05, 4.69) is 26.8 Å². The Morgan fingerprint density at radius 2 is 2.16 bits per heavy atom. The van der Waals surface area contributed by atoms with E-state index in [-0.39, 0.29) is 18.1 Å². The van der Waals surface area contributed by atoms with Gasteiger partial charge in [-0.05, 0) is 13.8 Å². The number of fused-ring (bicyclic) bond motifs is 1. The molecule has 2 aliphatic heterocycles. The molecule has 0 saturated carbocycles. The zero-order valence-electron chi connectivity index (χ0n) is 14.7. The topological polar surface area (TPSA) is 87.3 Å². The van der Waals surface area contributed by atoms with Crippen LogP contribution in [0.4, 0.5) is 0 Å². The number of ether oxygens (including phenoxy) is 2. The van der Waals surface area contributed by atoms with E-state index in [0.717, 1.165) is 18.1 Å². The average molecular weight is 346 g/mol. The third-order valence-corrected chi connectivity index (χ3v) is 5.12. The smallest absolute Gasteiger partial charge is 0.276 e. The molecule has 0 aliphatic carbocycles. The van der Waals surface area contributed by atoms with Crippen LogP contribution < -0.4 is 0 Å². The van der Waals surface area contributed by atoms with E-state index >= 15 is 0 Å². The molecule has 2 aromatic rings. The summed E-state index contributed by atoms with van der Waals surface area (Å²) < 4.78 is 14.7. The van der Waals surface area contributed by atoms with Crippen molar-refractivity contribution in [2.45, 2.75) is 39.1 Å². The minimum atomic E-state index is -0.122. The molecule has 2 aromatic heterocycles. The van der Waals surface area contributed by atoms with Gasteiger partial charge in [-0.3, -0.25) is 4.79 Å². The lowest BCUT2D eigenvalue weighted by Gasteiger charge is -2.27. The second kappa shape index (κ2) is 6.23. The summed E-state index contributed by atoms with van der Waals surface area (Å²) >= 11 is 0. The summed E-state index contributed by atoms with van der Waals surface area (Å²) in [5, 5.41) is 8.18. The number of hydrogen-bond donors (Lipinski definition) is 0. The third kappa shape index (κ3) is 2.73. The fourth-order valence-electron chi connectivity index (χ4n) is 3.48. The van der Waals surface area contributed by atoms with Gasteiger partial charge in [0, 0.05) is 25.9 Å². The Hall–Kier alpha value is -2.26. The van der Waals surface area contributed by atoms with Crippen molar-refractivity contribution in [2.24, 2.45) is 0 Å². The van der Waals surface area contributed by atoms with Gasteiger partial charge in [0.15, 0.2) is 5.69 Å². The van der Waals surface area contributed by atoms with Gasteiger partial charge < -0.3 is 18.9 Å². The van der Waals surface area contributed by atoms with Crippen molar-refractivity contribution >= 4 is 5.91 Å². The molecule has 0 bridgehead atoms. The van der Waals surface area contributed by atoms with Gasteiger partial charge in [0.05, 0.1) is 31.6 Å². The fourth-order valence-corrected chi connectivity index (χ4v) is 3.48. The van der Waals surface area contributed by atoms with E-state index in [1.807, 2.05) is 6.92 Å². The molecule has 9 nitrogen and oxygen atoms in total. The first-order valence-electron chi connectivity index (χ1n) is 8.42. The lowest BCUT2D eigenvalue weighted by Crippen LogP contribution is -2.38. The molecule has 1 fully saturated rings. The van der Waals surface area contributed by atoms with Gasteiger partial charge in [-0.25, -0.2) is 9.67 Å². The molecule has 1 saturated heterocycles. The summed E-state index contributed by atoms with van der Waals surface area (Å²) in [6, 6.07) is -0.0513. The summed E-state index contributed by atoms with van der Waals surface area (Å²) in [6.07, 6.45) is 1.61. The van der Waals surface area contributed by atoms with Gasteiger partial charge in [0.1, 0.15) is 18.0 Å². The first-order chi connectivity index (χ1) is 12.1. The van der Waals surface area contributed by atoms with Crippen molar-refractivity contribution in [2.75, 3.05) is 26.9 Å². The number of methoxy groups -OCH3 is 1. The summed E-state index contributed by atoms with van der Waals surface area (Å²) in [7, 11) is 1.65. The summed E-state index contributed by atoms with van der Waals surface area (Å²) in [6.45, 7) is 6.98. The fraction of sp³-hybridized carbons (Fsp3) is 0.625. The van der Waals surface area contributed by atoms with E-state index in [9.17, 15) is 4.79 Å². The van der Waals surface area contributed by atoms with E-state index in [4.69, 9.17) is 9.47 Å². The molecule has 0 N–H and O–H groups in total. The van der Waals surface area contributed by atoms with Gasteiger partial charge in [-0.1, -0.05) is 5.21 Å². The highest BCUT2D eigenvalue weighted by atomic mass is 16.5. The van der Waals surface area contributed by atoms with Crippen molar-refractivity contribution in [1.29, 1.82) is 0 Å². The van der Waals surface area contributed by atoms with Crippen molar-refractivity contribution in [3.05, 3.63) is 29.1 Å². The van der Waals surface area contributed by atoms with Crippen LogP contribution in [-0.2, 0) is 22.6 Å².